The lowest BCUT2D eigenvalue weighted by atomic mass is 10.0. The van der Waals surface area contributed by atoms with Crippen LogP contribution in [0, 0.1) is 0 Å². The molecule has 0 aliphatic carbocycles. The third-order valence-corrected chi connectivity index (χ3v) is 3.52. The van der Waals surface area contributed by atoms with Crippen molar-refractivity contribution in [3.63, 3.8) is 0 Å². The maximum Gasteiger partial charge on any atom is 0.165 e. The molecule has 2 aromatic rings. The van der Waals surface area contributed by atoms with Gasteiger partial charge in [-0.2, -0.15) is 0 Å². The van der Waals surface area contributed by atoms with Crippen LogP contribution in [0.15, 0.2) is 48.5 Å². The average molecular weight is 283 g/mol. The maximum absolute atomic E-state index is 6.00. The van der Waals surface area contributed by atoms with E-state index in [2.05, 4.69) is 25.2 Å². The van der Waals surface area contributed by atoms with Gasteiger partial charge in [0.15, 0.2) is 11.5 Å². The summed E-state index contributed by atoms with van der Waals surface area (Å²) < 4.78 is 11.9. The zero-order valence-corrected chi connectivity index (χ0v) is 12.6. The molecule has 0 atom stereocenters. The van der Waals surface area contributed by atoms with E-state index in [1.807, 2.05) is 42.5 Å². The van der Waals surface area contributed by atoms with E-state index in [0.717, 1.165) is 30.2 Å². The van der Waals surface area contributed by atoms with Gasteiger partial charge in [-0.05, 0) is 32.0 Å². The zero-order valence-electron chi connectivity index (χ0n) is 12.6. The van der Waals surface area contributed by atoms with Crippen molar-refractivity contribution in [2.45, 2.75) is 25.9 Å². The van der Waals surface area contributed by atoms with Crippen LogP contribution in [0.1, 0.15) is 19.4 Å². The predicted molar refractivity (Wildman–Crippen MR) is 85.3 cm³/mol. The fourth-order valence-corrected chi connectivity index (χ4v) is 2.61. The van der Waals surface area contributed by atoms with Crippen LogP contribution < -0.4 is 14.8 Å². The van der Waals surface area contributed by atoms with Gasteiger partial charge in [-0.1, -0.05) is 30.3 Å². The van der Waals surface area contributed by atoms with Crippen LogP contribution >= 0.6 is 0 Å². The number of fused-ring (bicyclic) bond motifs is 1. The van der Waals surface area contributed by atoms with Crippen molar-refractivity contribution in [3.8, 4) is 11.5 Å². The van der Waals surface area contributed by atoms with Gasteiger partial charge in [0.1, 0.15) is 12.2 Å². The van der Waals surface area contributed by atoms with Crippen molar-refractivity contribution in [3.05, 3.63) is 54.1 Å². The lowest BCUT2D eigenvalue weighted by Crippen LogP contribution is -2.24. The van der Waals surface area contributed by atoms with Gasteiger partial charge in [-0.3, -0.25) is 0 Å². The van der Waals surface area contributed by atoms with Gasteiger partial charge in [0.25, 0.3) is 0 Å². The Balaban J connectivity index is 1.56. The highest BCUT2D eigenvalue weighted by Gasteiger charge is 2.32. The molecule has 3 heteroatoms. The first-order valence-electron chi connectivity index (χ1n) is 7.37. The van der Waals surface area contributed by atoms with Gasteiger partial charge in [0, 0.05) is 24.2 Å². The number of anilines is 1. The molecule has 0 aromatic heterocycles. The van der Waals surface area contributed by atoms with Crippen molar-refractivity contribution in [2.75, 3.05) is 18.5 Å². The predicted octanol–water partition coefficient (Wildman–Crippen LogP) is 3.89. The van der Waals surface area contributed by atoms with Crippen LogP contribution in [-0.4, -0.2) is 18.8 Å². The van der Waals surface area contributed by atoms with E-state index in [4.69, 9.17) is 9.47 Å². The summed E-state index contributed by atoms with van der Waals surface area (Å²) in [6, 6.07) is 16.3. The van der Waals surface area contributed by atoms with Crippen LogP contribution in [0.25, 0.3) is 0 Å². The average Bonchev–Trinajstić information content (AvgIpc) is 2.79. The van der Waals surface area contributed by atoms with E-state index >= 15 is 0 Å². The highest BCUT2D eigenvalue weighted by molar-refractivity contribution is 5.50. The third-order valence-electron chi connectivity index (χ3n) is 3.52. The van der Waals surface area contributed by atoms with E-state index in [1.165, 1.54) is 5.56 Å². The number of hydrogen-bond donors (Lipinski definition) is 1. The molecule has 0 amide bonds. The number of ether oxygens (including phenoxy) is 2. The first-order chi connectivity index (χ1) is 10.1. The lowest BCUT2D eigenvalue weighted by molar-refractivity contribution is 0.132. The van der Waals surface area contributed by atoms with Gasteiger partial charge in [0.2, 0.25) is 0 Å². The smallest absolute Gasteiger partial charge is 0.165 e. The van der Waals surface area contributed by atoms with Crippen molar-refractivity contribution in [2.24, 2.45) is 0 Å². The Labute approximate surface area is 125 Å². The zero-order chi connectivity index (χ0) is 14.7. The second-order valence-electron chi connectivity index (χ2n) is 5.92. The van der Waals surface area contributed by atoms with E-state index in [0.29, 0.717) is 6.61 Å². The molecular weight excluding hydrogens is 262 g/mol. The molecule has 3 rings (SSSR count). The van der Waals surface area contributed by atoms with Crippen molar-refractivity contribution >= 4 is 5.69 Å². The summed E-state index contributed by atoms with van der Waals surface area (Å²) in [6.07, 6.45) is 0.932. The Morgan fingerprint density at radius 3 is 2.71 bits per heavy atom. The molecule has 3 nitrogen and oxygen atoms in total. The fraction of sp³-hybridized carbons (Fsp3) is 0.333. The summed E-state index contributed by atoms with van der Waals surface area (Å²) >= 11 is 0. The van der Waals surface area contributed by atoms with Crippen molar-refractivity contribution in [1.29, 1.82) is 0 Å². The first kappa shape index (κ1) is 13.8. The molecule has 0 spiro atoms. The summed E-state index contributed by atoms with van der Waals surface area (Å²) in [4.78, 5) is 0. The van der Waals surface area contributed by atoms with E-state index in [-0.39, 0.29) is 5.60 Å². The SMILES string of the molecule is CC1(C)Cc2cccc(OCCNc3ccccc3)c2O1. The van der Waals surface area contributed by atoms with Gasteiger partial charge in [0.05, 0.1) is 0 Å². The Morgan fingerprint density at radius 2 is 1.90 bits per heavy atom. The van der Waals surface area contributed by atoms with Crippen LogP contribution in [0.4, 0.5) is 5.69 Å². The van der Waals surface area contributed by atoms with Gasteiger partial charge >= 0.3 is 0 Å². The molecule has 0 bridgehead atoms. The summed E-state index contributed by atoms with van der Waals surface area (Å²) in [7, 11) is 0. The molecule has 0 radical (unpaired) electrons. The molecule has 1 aliphatic heterocycles. The maximum atomic E-state index is 6.00. The Kier molecular flexibility index (Phi) is 3.74. The fourth-order valence-electron chi connectivity index (χ4n) is 2.61. The summed E-state index contributed by atoms with van der Waals surface area (Å²) in [6.45, 7) is 5.58. The molecule has 1 aliphatic rings. The molecule has 1 N–H and O–H groups in total. The normalized spacial score (nSPS) is 15.1. The number of benzene rings is 2. The number of hydrogen-bond acceptors (Lipinski definition) is 3. The monoisotopic (exact) mass is 283 g/mol. The van der Waals surface area contributed by atoms with E-state index in [1.54, 1.807) is 0 Å². The van der Waals surface area contributed by atoms with Gasteiger partial charge in [-0.15, -0.1) is 0 Å². The van der Waals surface area contributed by atoms with E-state index < -0.39 is 0 Å². The van der Waals surface area contributed by atoms with E-state index in [9.17, 15) is 0 Å². The molecular formula is C18H21NO2. The molecule has 0 unspecified atom stereocenters. The summed E-state index contributed by atoms with van der Waals surface area (Å²) in [5, 5.41) is 3.33. The second-order valence-corrected chi connectivity index (χ2v) is 5.92. The number of para-hydroxylation sites is 2. The molecule has 0 fully saturated rings. The number of nitrogens with one attached hydrogen (secondary N) is 1. The van der Waals surface area contributed by atoms with Gasteiger partial charge in [-0.25, -0.2) is 0 Å². The largest absolute Gasteiger partial charge is 0.488 e. The summed E-state index contributed by atoms with van der Waals surface area (Å²) in [5.41, 5.74) is 2.20. The molecule has 0 saturated heterocycles. The standard InChI is InChI=1S/C18H21NO2/c1-18(2)13-14-7-6-10-16(17(14)21-18)20-12-11-19-15-8-4-3-5-9-15/h3-10,19H,11-13H2,1-2H3. The van der Waals surface area contributed by atoms with Crippen molar-refractivity contribution < 1.29 is 9.47 Å². The third kappa shape index (κ3) is 3.30. The van der Waals surface area contributed by atoms with Crippen molar-refractivity contribution in [1.82, 2.24) is 0 Å². The highest BCUT2D eigenvalue weighted by Crippen LogP contribution is 2.41. The molecule has 2 aromatic carbocycles. The lowest BCUT2D eigenvalue weighted by Gasteiger charge is -2.18. The van der Waals surface area contributed by atoms with Crippen LogP contribution in [0.3, 0.4) is 0 Å². The minimum atomic E-state index is -0.135. The van der Waals surface area contributed by atoms with Gasteiger partial charge < -0.3 is 14.8 Å². The second kappa shape index (κ2) is 5.68. The summed E-state index contributed by atoms with van der Waals surface area (Å²) in [5.74, 6) is 1.75. The van der Waals surface area contributed by atoms with Crippen LogP contribution in [0.2, 0.25) is 0 Å². The van der Waals surface area contributed by atoms with Crippen LogP contribution in [0.5, 0.6) is 11.5 Å². The topological polar surface area (TPSA) is 30.5 Å². The Bertz CT molecular complexity index is 608. The molecule has 1 heterocycles. The number of rotatable bonds is 5. The minimum absolute atomic E-state index is 0.135. The quantitative estimate of drug-likeness (QED) is 0.844. The molecule has 0 saturated carbocycles. The highest BCUT2D eigenvalue weighted by atomic mass is 16.5. The molecule has 21 heavy (non-hydrogen) atoms. The Hall–Kier alpha value is -2.16. The Morgan fingerprint density at radius 1 is 1.10 bits per heavy atom. The van der Waals surface area contributed by atoms with Crippen LogP contribution in [-0.2, 0) is 6.42 Å². The molecule has 110 valence electrons. The first-order valence-corrected chi connectivity index (χ1v) is 7.37. The minimum Gasteiger partial charge on any atom is -0.488 e.